The fraction of sp³-hybridized carbons (Fsp3) is 0.174. The summed E-state index contributed by atoms with van der Waals surface area (Å²) >= 11 is 0. The van der Waals surface area contributed by atoms with E-state index in [1.807, 2.05) is 0 Å². The summed E-state index contributed by atoms with van der Waals surface area (Å²) in [6.07, 6.45) is -7.06. The molecule has 1 aliphatic heterocycles. The van der Waals surface area contributed by atoms with Crippen LogP contribution >= 0.6 is 0 Å². The molecule has 2 aromatic heterocycles. The predicted molar refractivity (Wildman–Crippen MR) is 114 cm³/mol. The monoisotopic (exact) mass is 507 g/mol. The van der Waals surface area contributed by atoms with Crippen LogP contribution in [0.15, 0.2) is 58.2 Å². The van der Waals surface area contributed by atoms with Crippen LogP contribution < -0.4 is 4.74 Å². The average molecular weight is 507 g/mol. The van der Waals surface area contributed by atoms with E-state index in [-0.39, 0.29) is 24.5 Å². The van der Waals surface area contributed by atoms with Gasteiger partial charge >= 0.3 is 12.5 Å². The van der Waals surface area contributed by atoms with Gasteiger partial charge in [-0.15, -0.1) is 0 Å². The summed E-state index contributed by atoms with van der Waals surface area (Å²) in [6.45, 7) is 0.445. The minimum atomic E-state index is -4.60. The Hall–Kier alpha value is -4.29. The Morgan fingerprint density at radius 3 is 2.64 bits per heavy atom. The first kappa shape index (κ1) is 23.5. The Balaban J connectivity index is 1.25. The van der Waals surface area contributed by atoms with E-state index in [1.165, 1.54) is 30.5 Å². The predicted octanol–water partition coefficient (Wildman–Crippen LogP) is 5.60. The molecular weight excluding hydrogens is 492 g/mol. The molecule has 0 unspecified atom stereocenters. The number of rotatable bonds is 7. The van der Waals surface area contributed by atoms with E-state index >= 15 is 0 Å². The lowest BCUT2D eigenvalue weighted by Crippen LogP contribution is -2.33. The van der Waals surface area contributed by atoms with Gasteiger partial charge in [0.1, 0.15) is 17.3 Å². The number of H-pyrrole nitrogens is 1. The van der Waals surface area contributed by atoms with Crippen LogP contribution in [0.4, 0.5) is 26.3 Å². The number of hydrogen-bond acceptors (Lipinski definition) is 6. The van der Waals surface area contributed by atoms with Crippen molar-refractivity contribution in [3.8, 4) is 28.4 Å². The third-order valence-corrected chi connectivity index (χ3v) is 5.26. The van der Waals surface area contributed by atoms with Crippen molar-refractivity contribution >= 4 is 6.21 Å². The SMILES string of the molecule is Fc1cccc(-c2nc3c([nH]2)C=NN(Cc2cc(-c4ccc(OC(F)(F)C(F)F)cc4)no2)C3)c1F. The molecule has 0 radical (unpaired) electrons. The van der Waals surface area contributed by atoms with Gasteiger partial charge in [0, 0.05) is 11.6 Å². The van der Waals surface area contributed by atoms with Gasteiger partial charge in [-0.25, -0.2) is 13.8 Å². The number of hydrazone groups is 1. The Morgan fingerprint density at radius 2 is 1.89 bits per heavy atom. The summed E-state index contributed by atoms with van der Waals surface area (Å²) in [5.74, 6) is -1.82. The Bertz CT molecular complexity index is 1420. The summed E-state index contributed by atoms with van der Waals surface area (Å²) in [5, 5.41) is 9.83. The summed E-state index contributed by atoms with van der Waals surface area (Å²) < 4.78 is 87.7. The topological polar surface area (TPSA) is 79.5 Å². The fourth-order valence-corrected chi connectivity index (χ4v) is 3.51. The molecule has 13 heteroatoms. The van der Waals surface area contributed by atoms with Crippen molar-refractivity contribution in [1.82, 2.24) is 20.1 Å². The lowest BCUT2D eigenvalue weighted by molar-refractivity contribution is -0.253. The zero-order valence-corrected chi connectivity index (χ0v) is 18.1. The average Bonchev–Trinajstić information content (AvgIpc) is 3.48. The number of halogens is 6. The van der Waals surface area contributed by atoms with Crippen LogP contribution in [0.3, 0.4) is 0 Å². The number of imidazole rings is 1. The number of benzene rings is 2. The first-order chi connectivity index (χ1) is 17.2. The molecule has 0 spiro atoms. The molecular formula is C23H15F6N5O2. The highest BCUT2D eigenvalue weighted by Crippen LogP contribution is 2.30. The number of aromatic nitrogens is 3. The van der Waals surface area contributed by atoms with Crippen LogP contribution in [-0.2, 0) is 13.1 Å². The van der Waals surface area contributed by atoms with E-state index in [0.717, 1.165) is 18.2 Å². The number of alkyl halides is 4. The van der Waals surface area contributed by atoms with Crippen LogP contribution in [0.5, 0.6) is 5.75 Å². The van der Waals surface area contributed by atoms with E-state index in [4.69, 9.17) is 4.52 Å². The van der Waals surface area contributed by atoms with Crippen LogP contribution in [0.2, 0.25) is 0 Å². The van der Waals surface area contributed by atoms with Gasteiger partial charge in [-0.1, -0.05) is 11.2 Å². The van der Waals surface area contributed by atoms with Crippen LogP contribution in [-0.4, -0.2) is 38.9 Å². The van der Waals surface area contributed by atoms with Crippen molar-refractivity contribution < 1.29 is 35.6 Å². The Kier molecular flexibility index (Phi) is 5.90. The smallest absolute Gasteiger partial charge is 0.428 e. The van der Waals surface area contributed by atoms with Gasteiger partial charge in [0.15, 0.2) is 17.4 Å². The molecule has 5 rings (SSSR count). The molecule has 186 valence electrons. The van der Waals surface area contributed by atoms with Gasteiger partial charge in [0.2, 0.25) is 0 Å². The molecule has 0 saturated carbocycles. The highest BCUT2D eigenvalue weighted by molar-refractivity contribution is 5.80. The van der Waals surface area contributed by atoms with Crippen molar-refractivity contribution in [1.29, 1.82) is 0 Å². The van der Waals surface area contributed by atoms with Crippen LogP contribution in [0, 0.1) is 11.6 Å². The van der Waals surface area contributed by atoms with Gasteiger partial charge in [0.25, 0.3) is 0 Å². The lowest BCUT2D eigenvalue weighted by Gasteiger charge is -2.19. The van der Waals surface area contributed by atoms with Crippen molar-refractivity contribution in [2.75, 3.05) is 0 Å². The molecule has 4 aromatic rings. The van der Waals surface area contributed by atoms with Crippen molar-refractivity contribution in [3.05, 3.63) is 77.3 Å². The number of nitrogens with zero attached hydrogens (tertiary/aromatic N) is 4. The van der Waals surface area contributed by atoms with Crippen LogP contribution in [0.25, 0.3) is 22.6 Å². The molecule has 1 aliphatic rings. The van der Waals surface area contributed by atoms with E-state index in [1.54, 1.807) is 11.1 Å². The fourth-order valence-electron chi connectivity index (χ4n) is 3.51. The number of ether oxygens (including phenoxy) is 1. The van der Waals surface area contributed by atoms with E-state index in [2.05, 4.69) is 25.0 Å². The molecule has 0 atom stereocenters. The molecule has 0 aliphatic carbocycles. The highest BCUT2D eigenvalue weighted by atomic mass is 19.3. The first-order valence-corrected chi connectivity index (χ1v) is 10.4. The zero-order valence-electron chi connectivity index (χ0n) is 18.1. The minimum Gasteiger partial charge on any atom is -0.428 e. The largest absolute Gasteiger partial charge is 0.461 e. The summed E-state index contributed by atoms with van der Waals surface area (Å²) in [6, 6.07) is 10.4. The van der Waals surface area contributed by atoms with E-state index in [0.29, 0.717) is 28.4 Å². The first-order valence-electron chi connectivity index (χ1n) is 10.4. The number of fused-ring (bicyclic) bond motifs is 1. The normalized spacial score (nSPS) is 13.4. The van der Waals surface area contributed by atoms with E-state index < -0.39 is 29.9 Å². The van der Waals surface area contributed by atoms with Gasteiger partial charge in [-0.2, -0.15) is 22.7 Å². The maximum absolute atomic E-state index is 14.1. The Morgan fingerprint density at radius 1 is 1.11 bits per heavy atom. The molecule has 1 N–H and O–H groups in total. The van der Waals surface area contributed by atoms with Crippen molar-refractivity contribution in [3.63, 3.8) is 0 Å². The standard InChI is InChI=1S/C23H15F6N5O2/c24-16-3-1-2-15(20(16)25)21-31-18-9-30-34(11-19(18)32-21)10-14-8-17(33-36-14)12-4-6-13(7-5-12)35-23(28,29)22(26)27/h1-9,22H,10-11H2,(H,31,32). The third kappa shape index (κ3) is 4.63. The van der Waals surface area contributed by atoms with Crippen molar-refractivity contribution in [2.24, 2.45) is 5.10 Å². The van der Waals surface area contributed by atoms with E-state index in [9.17, 15) is 26.3 Å². The molecule has 36 heavy (non-hydrogen) atoms. The Labute approximate surface area is 199 Å². The van der Waals surface area contributed by atoms with Gasteiger partial charge in [-0.05, 0) is 36.4 Å². The maximum Gasteiger partial charge on any atom is 0.461 e. The highest BCUT2D eigenvalue weighted by Gasteiger charge is 2.43. The number of hydrogen-bond donors (Lipinski definition) is 1. The molecule has 7 nitrogen and oxygen atoms in total. The van der Waals surface area contributed by atoms with Gasteiger partial charge in [0.05, 0.1) is 36.3 Å². The molecule has 0 amide bonds. The second kappa shape index (κ2) is 9.06. The number of nitrogens with one attached hydrogen (secondary N) is 1. The molecule has 0 saturated heterocycles. The summed E-state index contributed by atoms with van der Waals surface area (Å²) in [4.78, 5) is 7.28. The maximum atomic E-state index is 14.1. The molecule has 3 heterocycles. The molecule has 2 aromatic carbocycles. The quantitative estimate of drug-likeness (QED) is 0.330. The van der Waals surface area contributed by atoms with Gasteiger partial charge in [-0.3, -0.25) is 5.01 Å². The van der Waals surface area contributed by atoms with Crippen molar-refractivity contribution in [2.45, 2.75) is 25.6 Å². The minimum absolute atomic E-state index is 0.00132. The molecule has 0 fully saturated rings. The zero-order chi connectivity index (χ0) is 25.4. The van der Waals surface area contributed by atoms with Crippen LogP contribution in [0.1, 0.15) is 17.1 Å². The third-order valence-electron chi connectivity index (χ3n) is 5.26. The summed E-state index contributed by atoms with van der Waals surface area (Å²) in [5.41, 5.74) is 1.99. The lowest BCUT2D eigenvalue weighted by atomic mass is 10.1. The second-order valence-corrected chi connectivity index (χ2v) is 7.78. The molecule has 0 bridgehead atoms. The number of aromatic amines is 1. The van der Waals surface area contributed by atoms with Gasteiger partial charge < -0.3 is 14.2 Å². The second-order valence-electron chi connectivity index (χ2n) is 7.78. The summed E-state index contributed by atoms with van der Waals surface area (Å²) in [7, 11) is 0.